The Morgan fingerprint density at radius 1 is 1.28 bits per heavy atom. The summed E-state index contributed by atoms with van der Waals surface area (Å²) >= 11 is 0. The van der Waals surface area contributed by atoms with Crippen molar-refractivity contribution in [3.63, 3.8) is 0 Å². The third kappa shape index (κ3) is 2.91. The average molecular weight is 244 g/mol. The second kappa shape index (κ2) is 5.40. The Balaban J connectivity index is 1.95. The van der Waals surface area contributed by atoms with Gasteiger partial charge in [-0.2, -0.15) is 0 Å². The van der Waals surface area contributed by atoms with Crippen LogP contribution in [0.5, 0.6) is 5.75 Å². The van der Waals surface area contributed by atoms with Crippen LogP contribution in [0.1, 0.15) is 5.56 Å². The molecule has 18 heavy (non-hydrogen) atoms. The molecule has 0 aliphatic rings. The largest absolute Gasteiger partial charge is 0.492 e. The Morgan fingerprint density at radius 3 is 2.83 bits per heavy atom. The third-order valence-electron chi connectivity index (χ3n) is 2.74. The minimum absolute atomic E-state index is 0.0189. The van der Waals surface area contributed by atoms with Crippen LogP contribution in [0, 0.1) is 6.92 Å². The minimum Gasteiger partial charge on any atom is -0.492 e. The van der Waals surface area contributed by atoms with Gasteiger partial charge in [-0.05, 0) is 36.8 Å². The lowest BCUT2D eigenvalue weighted by Crippen LogP contribution is -2.21. The number of aryl methyl sites for hydroxylation is 1. The van der Waals surface area contributed by atoms with E-state index < -0.39 is 0 Å². The van der Waals surface area contributed by atoms with Gasteiger partial charge >= 0.3 is 0 Å². The molecule has 94 valence electrons. The lowest BCUT2D eigenvalue weighted by atomic mass is 10.2. The number of hydrogen-bond acceptors (Lipinski definition) is 3. The van der Waals surface area contributed by atoms with Crippen molar-refractivity contribution in [3.8, 4) is 5.75 Å². The molecule has 0 bridgehead atoms. The monoisotopic (exact) mass is 244 g/mol. The molecule has 1 aromatic carbocycles. The summed E-state index contributed by atoms with van der Waals surface area (Å²) in [4.78, 5) is 11.5. The molecule has 0 amide bonds. The van der Waals surface area contributed by atoms with E-state index in [1.54, 1.807) is 16.8 Å². The van der Waals surface area contributed by atoms with Crippen LogP contribution >= 0.6 is 0 Å². The summed E-state index contributed by atoms with van der Waals surface area (Å²) in [5.74, 6) is 0.769. The van der Waals surface area contributed by atoms with Crippen molar-refractivity contribution in [1.29, 1.82) is 0 Å². The van der Waals surface area contributed by atoms with Crippen molar-refractivity contribution in [1.82, 2.24) is 4.57 Å². The molecule has 1 heterocycles. The first-order valence-electron chi connectivity index (χ1n) is 5.81. The maximum atomic E-state index is 11.5. The molecule has 1 aromatic heterocycles. The second-order valence-electron chi connectivity index (χ2n) is 4.10. The molecule has 2 N–H and O–H groups in total. The van der Waals surface area contributed by atoms with Gasteiger partial charge in [-0.15, -0.1) is 0 Å². The predicted octanol–water partition coefficient (Wildman–Crippen LogP) is 1.82. The molecular formula is C14H16N2O2. The van der Waals surface area contributed by atoms with Crippen LogP contribution in [0.15, 0.2) is 47.4 Å². The van der Waals surface area contributed by atoms with Gasteiger partial charge in [-0.25, -0.2) is 0 Å². The van der Waals surface area contributed by atoms with E-state index >= 15 is 0 Å². The van der Waals surface area contributed by atoms with Crippen LogP contribution in [0.2, 0.25) is 0 Å². The van der Waals surface area contributed by atoms with E-state index in [1.807, 2.05) is 31.2 Å². The molecule has 2 aromatic rings. The van der Waals surface area contributed by atoms with Gasteiger partial charge < -0.3 is 15.0 Å². The molecule has 0 atom stereocenters. The lowest BCUT2D eigenvalue weighted by molar-refractivity contribution is 0.296. The molecule has 4 heteroatoms. The van der Waals surface area contributed by atoms with Crippen LogP contribution in [0.4, 0.5) is 5.69 Å². The summed E-state index contributed by atoms with van der Waals surface area (Å²) in [6.07, 6.45) is 1.75. The molecule has 0 fully saturated rings. The van der Waals surface area contributed by atoms with E-state index in [-0.39, 0.29) is 5.56 Å². The van der Waals surface area contributed by atoms with Crippen LogP contribution in [-0.4, -0.2) is 11.2 Å². The normalized spacial score (nSPS) is 10.3. The SMILES string of the molecule is Cc1cc(OCCn2ccccc2=O)ccc1N. The summed E-state index contributed by atoms with van der Waals surface area (Å²) in [5, 5.41) is 0. The quantitative estimate of drug-likeness (QED) is 0.835. The zero-order chi connectivity index (χ0) is 13.0. The van der Waals surface area contributed by atoms with Crippen LogP contribution in [0.3, 0.4) is 0 Å². The van der Waals surface area contributed by atoms with Gasteiger partial charge in [0.2, 0.25) is 0 Å². The zero-order valence-electron chi connectivity index (χ0n) is 10.3. The van der Waals surface area contributed by atoms with Crippen molar-refractivity contribution < 1.29 is 4.74 Å². The second-order valence-corrected chi connectivity index (χ2v) is 4.10. The van der Waals surface area contributed by atoms with E-state index in [0.29, 0.717) is 13.2 Å². The summed E-state index contributed by atoms with van der Waals surface area (Å²) in [6, 6.07) is 10.6. The Hall–Kier alpha value is -2.23. The fourth-order valence-corrected chi connectivity index (χ4v) is 1.65. The highest BCUT2D eigenvalue weighted by molar-refractivity contribution is 5.49. The number of hydrogen-bond donors (Lipinski definition) is 1. The minimum atomic E-state index is -0.0189. The summed E-state index contributed by atoms with van der Waals surface area (Å²) in [6.45, 7) is 2.92. The molecule has 4 nitrogen and oxygen atoms in total. The van der Waals surface area contributed by atoms with E-state index in [2.05, 4.69) is 0 Å². The first-order valence-corrected chi connectivity index (χ1v) is 5.81. The highest BCUT2D eigenvalue weighted by Gasteiger charge is 1.98. The molecular weight excluding hydrogens is 228 g/mol. The number of anilines is 1. The third-order valence-corrected chi connectivity index (χ3v) is 2.74. The van der Waals surface area contributed by atoms with Crippen molar-refractivity contribution >= 4 is 5.69 Å². The van der Waals surface area contributed by atoms with Crippen molar-refractivity contribution in [2.45, 2.75) is 13.5 Å². The Bertz CT molecular complexity index is 590. The molecule has 0 aliphatic heterocycles. The molecule has 2 rings (SSSR count). The molecule has 0 aliphatic carbocycles. The average Bonchev–Trinajstić information content (AvgIpc) is 2.36. The zero-order valence-corrected chi connectivity index (χ0v) is 10.3. The maximum Gasteiger partial charge on any atom is 0.250 e. The lowest BCUT2D eigenvalue weighted by Gasteiger charge is -2.09. The van der Waals surface area contributed by atoms with Gasteiger partial charge in [-0.3, -0.25) is 4.79 Å². The molecule has 0 saturated carbocycles. The number of nitrogens with zero attached hydrogens (tertiary/aromatic N) is 1. The number of ether oxygens (including phenoxy) is 1. The Kier molecular flexibility index (Phi) is 3.67. The number of nitrogens with two attached hydrogens (primary N) is 1. The number of nitrogen functional groups attached to an aromatic ring is 1. The van der Waals surface area contributed by atoms with Gasteiger partial charge in [0, 0.05) is 18.0 Å². The van der Waals surface area contributed by atoms with Crippen molar-refractivity contribution in [3.05, 3.63) is 58.5 Å². The molecule has 0 radical (unpaired) electrons. The first kappa shape index (κ1) is 12.2. The van der Waals surface area contributed by atoms with Gasteiger partial charge in [0.25, 0.3) is 5.56 Å². The maximum absolute atomic E-state index is 11.5. The summed E-state index contributed by atoms with van der Waals surface area (Å²) < 4.78 is 7.20. The topological polar surface area (TPSA) is 57.2 Å². The molecule has 0 saturated heterocycles. The summed E-state index contributed by atoms with van der Waals surface area (Å²) in [5.41, 5.74) is 7.45. The fourth-order valence-electron chi connectivity index (χ4n) is 1.65. The Labute approximate surface area is 106 Å². The molecule has 0 spiro atoms. The number of rotatable bonds is 4. The van der Waals surface area contributed by atoms with Crippen LogP contribution in [-0.2, 0) is 6.54 Å². The van der Waals surface area contributed by atoms with Gasteiger partial charge in [0.15, 0.2) is 0 Å². The van der Waals surface area contributed by atoms with Gasteiger partial charge in [0.1, 0.15) is 12.4 Å². The number of pyridine rings is 1. The van der Waals surface area contributed by atoms with Gasteiger partial charge in [-0.1, -0.05) is 6.07 Å². The smallest absolute Gasteiger partial charge is 0.250 e. The standard InChI is InChI=1S/C14H16N2O2/c1-11-10-12(5-6-13(11)15)18-9-8-16-7-3-2-4-14(16)17/h2-7,10H,8-9,15H2,1H3. The molecule has 0 unspecified atom stereocenters. The predicted molar refractivity (Wildman–Crippen MR) is 71.8 cm³/mol. The number of benzene rings is 1. The van der Waals surface area contributed by atoms with Gasteiger partial charge in [0.05, 0.1) is 6.54 Å². The van der Waals surface area contributed by atoms with E-state index in [9.17, 15) is 4.79 Å². The Morgan fingerprint density at radius 2 is 2.11 bits per heavy atom. The van der Waals surface area contributed by atoms with Crippen molar-refractivity contribution in [2.24, 2.45) is 0 Å². The fraction of sp³-hybridized carbons (Fsp3) is 0.214. The van der Waals surface area contributed by atoms with E-state index in [1.165, 1.54) is 6.07 Å². The van der Waals surface area contributed by atoms with E-state index in [4.69, 9.17) is 10.5 Å². The summed E-state index contributed by atoms with van der Waals surface area (Å²) in [7, 11) is 0. The van der Waals surface area contributed by atoms with Crippen molar-refractivity contribution in [2.75, 3.05) is 12.3 Å². The first-order chi connectivity index (χ1) is 8.66. The van der Waals surface area contributed by atoms with Crippen LogP contribution in [0.25, 0.3) is 0 Å². The van der Waals surface area contributed by atoms with E-state index in [0.717, 1.165) is 17.0 Å². The highest BCUT2D eigenvalue weighted by atomic mass is 16.5. The number of aromatic nitrogens is 1. The highest BCUT2D eigenvalue weighted by Crippen LogP contribution is 2.18. The van der Waals surface area contributed by atoms with Crippen LogP contribution < -0.4 is 16.0 Å².